The standard InChI is InChI=1S/C9H12F3N3O4S2/c1-2-13-8-6(15(16)17)5-7(20-8)21(18,19)14-4-3-9(10,11)12/h5,13-14H,2-4H2,1H3. The van der Waals surface area contributed by atoms with E-state index in [1.165, 1.54) is 0 Å². The Labute approximate surface area is 122 Å². The lowest BCUT2D eigenvalue weighted by molar-refractivity contribution is -0.383. The molecule has 120 valence electrons. The molecule has 1 rings (SSSR count). The van der Waals surface area contributed by atoms with Crippen molar-refractivity contribution in [3.8, 4) is 0 Å². The van der Waals surface area contributed by atoms with Crippen LogP contribution < -0.4 is 10.0 Å². The van der Waals surface area contributed by atoms with E-state index in [1.807, 2.05) is 0 Å². The molecule has 0 saturated heterocycles. The third kappa shape index (κ3) is 5.13. The van der Waals surface area contributed by atoms with Crippen LogP contribution in [0.25, 0.3) is 0 Å². The van der Waals surface area contributed by atoms with Crippen LogP contribution in [0.2, 0.25) is 0 Å². The first-order chi connectivity index (χ1) is 9.57. The molecule has 0 aliphatic rings. The molecule has 0 radical (unpaired) electrons. The molecule has 0 unspecified atom stereocenters. The van der Waals surface area contributed by atoms with Gasteiger partial charge in [0.2, 0.25) is 10.0 Å². The molecule has 0 atom stereocenters. The fourth-order valence-corrected chi connectivity index (χ4v) is 3.78. The highest BCUT2D eigenvalue weighted by Gasteiger charge is 2.29. The second-order valence-electron chi connectivity index (χ2n) is 3.83. The molecule has 0 fully saturated rings. The highest BCUT2D eigenvalue weighted by Crippen LogP contribution is 2.36. The quantitative estimate of drug-likeness (QED) is 0.582. The van der Waals surface area contributed by atoms with E-state index in [4.69, 9.17) is 0 Å². The molecule has 0 saturated carbocycles. The summed E-state index contributed by atoms with van der Waals surface area (Å²) >= 11 is 0.593. The van der Waals surface area contributed by atoms with E-state index < -0.39 is 44.0 Å². The summed E-state index contributed by atoms with van der Waals surface area (Å²) in [6, 6.07) is 0.818. The maximum absolute atomic E-state index is 12.0. The number of hydrogen-bond donors (Lipinski definition) is 2. The Morgan fingerprint density at radius 2 is 2.05 bits per heavy atom. The second kappa shape index (κ2) is 6.58. The molecule has 0 aliphatic carbocycles. The molecule has 1 aromatic heterocycles. The molecule has 7 nitrogen and oxygen atoms in total. The number of thiophene rings is 1. The zero-order chi connectivity index (χ0) is 16.3. The summed E-state index contributed by atoms with van der Waals surface area (Å²) in [5.41, 5.74) is -0.432. The molecular weight excluding hydrogens is 335 g/mol. The zero-order valence-corrected chi connectivity index (χ0v) is 12.4. The summed E-state index contributed by atoms with van der Waals surface area (Å²) in [6.07, 6.45) is -5.81. The number of hydrogen-bond acceptors (Lipinski definition) is 6. The second-order valence-corrected chi connectivity index (χ2v) is 6.88. The van der Waals surface area contributed by atoms with Gasteiger partial charge in [-0.3, -0.25) is 10.1 Å². The zero-order valence-electron chi connectivity index (χ0n) is 10.7. The third-order valence-corrected chi connectivity index (χ3v) is 5.21. The monoisotopic (exact) mass is 347 g/mol. The first kappa shape index (κ1) is 17.7. The Kier molecular flexibility index (Phi) is 5.53. The lowest BCUT2D eigenvalue weighted by Gasteiger charge is -2.07. The number of alkyl halides is 3. The summed E-state index contributed by atoms with van der Waals surface area (Å²) in [5.74, 6) is 0. The van der Waals surface area contributed by atoms with E-state index in [9.17, 15) is 31.7 Å². The van der Waals surface area contributed by atoms with Crippen LogP contribution in [-0.2, 0) is 10.0 Å². The summed E-state index contributed by atoms with van der Waals surface area (Å²) < 4.78 is 60.9. The van der Waals surface area contributed by atoms with Gasteiger partial charge in [-0.1, -0.05) is 11.3 Å². The van der Waals surface area contributed by atoms with Crippen molar-refractivity contribution in [1.82, 2.24) is 4.72 Å². The highest BCUT2D eigenvalue weighted by molar-refractivity contribution is 7.91. The van der Waals surface area contributed by atoms with Gasteiger partial charge in [-0.05, 0) is 6.92 Å². The van der Waals surface area contributed by atoms with E-state index in [0.29, 0.717) is 17.9 Å². The van der Waals surface area contributed by atoms with Gasteiger partial charge in [0.05, 0.1) is 11.3 Å². The van der Waals surface area contributed by atoms with Gasteiger partial charge >= 0.3 is 11.9 Å². The van der Waals surface area contributed by atoms with Crippen LogP contribution in [0.5, 0.6) is 0 Å². The largest absolute Gasteiger partial charge is 0.390 e. The fraction of sp³-hybridized carbons (Fsp3) is 0.556. The van der Waals surface area contributed by atoms with Gasteiger partial charge in [-0.2, -0.15) is 13.2 Å². The average Bonchev–Trinajstić information content (AvgIpc) is 2.72. The van der Waals surface area contributed by atoms with Crippen molar-refractivity contribution < 1.29 is 26.5 Å². The predicted molar refractivity (Wildman–Crippen MR) is 71.0 cm³/mol. The predicted octanol–water partition coefficient (Wildman–Crippen LogP) is 2.32. The number of rotatable bonds is 7. The topological polar surface area (TPSA) is 101 Å². The van der Waals surface area contributed by atoms with Gasteiger partial charge in [0, 0.05) is 19.2 Å². The van der Waals surface area contributed by atoms with Gasteiger partial charge in [-0.15, -0.1) is 0 Å². The van der Waals surface area contributed by atoms with E-state index in [0.717, 1.165) is 6.07 Å². The van der Waals surface area contributed by atoms with Gasteiger partial charge in [0.15, 0.2) is 5.00 Å². The van der Waals surface area contributed by atoms with E-state index in [2.05, 4.69) is 5.32 Å². The number of nitrogens with zero attached hydrogens (tertiary/aromatic N) is 1. The van der Waals surface area contributed by atoms with Crippen LogP contribution in [0.3, 0.4) is 0 Å². The number of anilines is 1. The van der Waals surface area contributed by atoms with Crippen LogP contribution in [0.15, 0.2) is 10.3 Å². The molecule has 0 aromatic carbocycles. The molecule has 0 aliphatic heterocycles. The minimum Gasteiger partial charge on any atom is -0.372 e. The van der Waals surface area contributed by atoms with Crippen LogP contribution in [0.1, 0.15) is 13.3 Å². The molecule has 21 heavy (non-hydrogen) atoms. The highest BCUT2D eigenvalue weighted by atomic mass is 32.2. The van der Waals surface area contributed by atoms with Gasteiger partial charge in [0.25, 0.3) is 0 Å². The summed E-state index contributed by atoms with van der Waals surface area (Å²) in [6.45, 7) is 1.18. The number of halogens is 3. The first-order valence-corrected chi connectivity index (χ1v) is 7.95. The fourth-order valence-electron chi connectivity index (χ4n) is 1.31. The third-order valence-electron chi connectivity index (χ3n) is 2.19. The maximum Gasteiger partial charge on any atom is 0.390 e. The van der Waals surface area contributed by atoms with Crippen molar-refractivity contribution in [1.29, 1.82) is 0 Å². The van der Waals surface area contributed by atoms with Crippen molar-refractivity contribution in [3.63, 3.8) is 0 Å². The van der Waals surface area contributed by atoms with Crippen LogP contribution in [0.4, 0.5) is 23.9 Å². The van der Waals surface area contributed by atoms with Crippen molar-refractivity contribution in [2.24, 2.45) is 0 Å². The number of nitro groups is 1. The Bertz CT molecular complexity index is 612. The maximum atomic E-state index is 12.0. The molecule has 0 spiro atoms. The van der Waals surface area contributed by atoms with Gasteiger partial charge in [0.1, 0.15) is 4.21 Å². The Balaban J connectivity index is 2.93. The summed E-state index contributed by atoms with van der Waals surface area (Å²) in [4.78, 5) is 10.0. The first-order valence-electron chi connectivity index (χ1n) is 5.65. The lowest BCUT2D eigenvalue weighted by atomic mass is 10.4. The van der Waals surface area contributed by atoms with Crippen molar-refractivity contribution in [3.05, 3.63) is 16.2 Å². The molecule has 1 aromatic rings. The Hall–Kier alpha value is -1.40. The molecule has 1 heterocycles. The Morgan fingerprint density at radius 1 is 1.43 bits per heavy atom. The number of nitrogens with one attached hydrogen (secondary N) is 2. The molecule has 0 bridgehead atoms. The summed E-state index contributed by atoms with van der Waals surface area (Å²) in [7, 11) is -4.21. The molecule has 2 N–H and O–H groups in total. The smallest absolute Gasteiger partial charge is 0.372 e. The molecular formula is C9H12F3N3O4S2. The van der Waals surface area contributed by atoms with Crippen LogP contribution >= 0.6 is 11.3 Å². The lowest BCUT2D eigenvalue weighted by Crippen LogP contribution is -2.27. The van der Waals surface area contributed by atoms with E-state index in [-0.39, 0.29) is 5.00 Å². The molecule has 0 amide bonds. The minimum absolute atomic E-state index is 0.0405. The van der Waals surface area contributed by atoms with Crippen LogP contribution in [0, 0.1) is 10.1 Å². The Morgan fingerprint density at radius 3 is 2.52 bits per heavy atom. The van der Waals surface area contributed by atoms with E-state index >= 15 is 0 Å². The van der Waals surface area contributed by atoms with Gasteiger partial charge < -0.3 is 5.32 Å². The van der Waals surface area contributed by atoms with Crippen molar-refractivity contribution >= 4 is 32.0 Å². The van der Waals surface area contributed by atoms with Gasteiger partial charge in [-0.25, -0.2) is 13.1 Å². The molecule has 12 heteroatoms. The number of sulfonamides is 1. The van der Waals surface area contributed by atoms with Crippen LogP contribution in [-0.4, -0.2) is 32.6 Å². The SMILES string of the molecule is CCNc1sc(S(=O)(=O)NCCC(F)(F)F)cc1[N+](=O)[O-]. The van der Waals surface area contributed by atoms with E-state index in [1.54, 1.807) is 11.6 Å². The average molecular weight is 347 g/mol. The minimum atomic E-state index is -4.49. The van der Waals surface area contributed by atoms with Crippen molar-refractivity contribution in [2.75, 3.05) is 18.4 Å². The van der Waals surface area contributed by atoms with Crippen molar-refractivity contribution in [2.45, 2.75) is 23.7 Å². The summed E-state index contributed by atoms with van der Waals surface area (Å²) in [5, 5.41) is 13.5. The normalized spacial score (nSPS) is 12.4.